The van der Waals surface area contributed by atoms with Crippen LogP contribution in [0, 0.1) is 0 Å². The van der Waals surface area contributed by atoms with E-state index < -0.39 is 30.5 Å². The fourth-order valence-electron chi connectivity index (χ4n) is 3.12. The molecule has 26 heavy (non-hydrogen) atoms. The number of carbonyl (C=O) groups is 1. The summed E-state index contributed by atoms with van der Waals surface area (Å²) < 4.78 is 14.0. The maximum absolute atomic E-state index is 14.0. The zero-order chi connectivity index (χ0) is 19.7. The van der Waals surface area contributed by atoms with Crippen molar-refractivity contribution in [3.8, 4) is 0 Å². The van der Waals surface area contributed by atoms with E-state index in [0.717, 1.165) is 12.8 Å². The van der Waals surface area contributed by atoms with Gasteiger partial charge in [-0.25, -0.2) is 4.39 Å². The van der Waals surface area contributed by atoms with Crippen LogP contribution in [0.5, 0.6) is 0 Å². The number of unbranched alkanes of at least 4 members (excludes halogenated alkanes) is 11. The van der Waals surface area contributed by atoms with Crippen LogP contribution in [0.3, 0.4) is 0 Å². The van der Waals surface area contributed by atoms with Crippen LogP contribution in [0.25, 0.3) is 0 Å². The van der Waals surface area contributed by atoms with E-state index in [-0.39, 0.29) is 6.42 Å². The lowest BCUT2D eigenvalue weighted by Gasteiger charge is -2.29. The summed E-state index contributed by atoms with van der Waals surface area (Å²) in [5, 5.41) is 21.2. The van der Waals surface area contributed by atoms with Gasteiger partial charge in [0.1, 0.15) is 0 Å². The van der Waals surface area contributed by atoms with Crippen molar-refractivity contribution in [1.29, 1.82) is 0 Å². The quantitative estimate of drug-likeness (QED) is 0.321. The molecule has 5 heteroatoms. The summed E-state index contributed by atoms with van der Waals surface area (Å²) in [6.07, 6.45) is 15.8. The molecule has 0 fully saturated rings. The van der Waals surface area contributed by atoms with Gasteiger partial charge in [-0.3, -0.25) is 4.79 Å². The molecule has 0 heterocycles. The average Bonchev–Trinajstić information content (AvgIpc) is 2.61. The molecular weight excluding hydrogens is 333 g/mol. The van der Waals surface area contributed by atoms with Gasteiger partial charge in [0, 0.05) is 13.3 Å². The SMILES string of the molecule is CCCCCCCCCCCCC/C=C(\F)CC(CO)(CO)NC(C)=O. The van der Waals surface area contributed by atoms with E-state index in [2.05, 4.69) is 12.2 Å². The van der Waals surface area contributed by atoms with Crippen LogP contribution in [-0.2, 0) is 4.79 Å². The van der Waals surface area contributed by atoms with E-state index in [1.165, 1.54) is 70.8 Å². The molecule has 0 radical (unpaired) electrons. The highest BCUT2D eigenvalue weighted by molar-refractivity contribution is 5.73. The molecule has 0 aliphatic rings. The third-order valence-corrected chi connectivity index (χ3v) is 4.73. The van der Waals surface area contributed by atoms with Gasteiger partial charge >= 0.3 is 0 Å². The molecule has 0 saturated carbocycles. The van der Waals surface area contributed by atoms with Gasteiger partial charge in [0.15, 0.2) is 0 Å². The van der Waals surface area contributed by atoms with E-state index in [1.807, 2.05) is 0 Å². The van der Waals surface area contributed by atoms with Crippen LogP contribution in [-0.4, -0.2) is 34.9 Å². The van der Waals surface area contributed by atoms with Crippen molar-refractivity contribution in [2.45, 2.75) is 103 Å². The molecule has 0 atom stereocenters. The molecule has 0 aliphatic carbocycles. The summed E-state index contributed by atoms with van der Waals surface area (Å²) in [6.45, 7) is 2.53. The first-order valence-electron chi connectivity index (χ1n) is 10.3. The minimum Gasteiger partial charge on any atom is -0.394 e. The lowest BCUT2D eigenvalue weighted by Crippen LogP contribution is -2.53. The number of amides is 1. The average molecular weight is 374 g/mol. The first-order valence-corrected chi connectivity index (χ1v) is 10.3. The van der Waals surface area contributed by atoms with Crippen LogP contribution >= 0.6 is 0 Å². The molecule has 0 spiro atoms. The largest absolute Gasteiger partial charge is 0.394 e. The summed E-state index contributed by atoms with van der Waals surface area (Å²) in [6, 6.07) is 0. The van der Waals surface area contributed by atoms with Crippen molar-refractivity contribution in [2.75, 3.05) is 13.2 Å². The highest BCUT2D eigenvalue weighted by Gasteiger charge is 2.31. The fraction of sp³-hybridized carbons (Fsp3) is 0.857. The molecule has 0 saturated heterocycles. The molecule has 1 amide bonds. The van der Waals surface area contributed by atoms with Gasteiger partial charge in [0.05, 0.1) is 24.6 Å². The van der Waals surface area contributed by atoms with Crippen LogP contribution < -0.4 is 5.32 Å². The predicted octanol–water partition coefficient (Wildman–Crippen LogP) is 4.79. The molecule has 0 aromatic rings. The van der Waals surface area contributed by atoms with Crippen molar-refractivity contribution in [3.63, 3.8) is 0 Å². The number of rotatable bonds is 17. The van der Waals surface area contributed by atoms with E-state index in [1.54, 1.807) is 0 Å². The lowest BCUT2D eigenvalue weighted by atomic mass is 9.95. The van der Waals surface area contributed by atoms with Crippen LogP contribution in [0.15, 0.2) is 11.9 Å². The molecule has 3 N–H and O–H groups in total. The monoisotopic (exact) mass is 373 g/mol. The van der Waals surface area contributed by atoms with Gasteiger partial charge in [-0.1, -0.05) is 77.2 Å². The van der Waals surface area contributed by atoms with Gasteiger partial charge in [0.25, 0.3) is 0 Å². The second-order valence-corrected chi connectivity index (χ2v) is 7.43. The van der Waals surface area contributed by atoms with Crippen LogP contribution in [0.2, 0.25) is 0 Å². The number of aliphatic hydroxyl groups excluding tert-OH is 2. The number of hydrogen-bond donors (Lipinski definition) is 3. The Balaban J connectivity index is 3.78. The Morgan fingerprint density at radius 1 is 0.923 bits per heavy atom. The van der Waals surface area contributed by atoms with E-state index in [0.29, 0.717) is 6.42 Å². The lowest BCUT2D eigenvalue weighted by molar-refractivity contribution is -0.122. The Hall–Kier alpha value is -0.940. The molecule has 0 aliphatic heterocycles. The molecule has 0 bridgehead atoms. The number of hydrogen-bond acceptors (Lipinski definition) is 3. The second-order valence-electron chi connectivity index (χ2n) is 7.43. The van der Waals surface area contributed by atoms with Gasteiger partial charge in [-0.05, 0) is 12.8 Å². The Morgan fingerprint density at radius 2 is 1.38 bits per heavy atom. The summed E-state index contributed by atoms with van der Waals surface area (Å²) in [5.74, 6) is -0.791. The minimum absolute atomic E-state index is 0.183. The normalized spacial score (nSPS) is 12.4. The molecular formula is C21H40FNO3. The van der Waals surface area contributed by atoms with Crippen molar-refractivity contribution in [1.82, 2.24) is 5.32 Å². The zero-order valence-corrected chi connectivity index (χ0v) is 16.9. The van der Waals surface area contributed by atoms with Crippen molar-refractivity contribution < 1.29 is 19.4 Å². The minimum atomic E-state index is -1.32. The highest BCUT2D eigenvalue weighted by atomic mass is 19.1. The van der Waals surface area contributed by atoms with E-state index in [9.17, 15) is 19.4 Å². The number of halogens is 1. The fourth-order valence-corrected chi connectivity index (χ4v) is 3.12. The molecule has 0 rings (SSSR count). The van der Waals surface area contributed by atoms with Crippen LogP contribution in [0.1, 0.15) is 97.3 Å². The standard InChI is InChI=1S/C21H40FNO3/c1-3-4-5-6-7-8-9-10-11-12-13-14-15-20(22)16-21(17-24,18-25)23-19(2)26/h15,24-25H,3-14,16-18H2,1-2H3,(H,23,26)/b20-15-. The van der Waals surface area contributed by atoms with Gasteiger partial charge in [-0.2, -0.15) is 0 Å². The number of nitrogens with one attached hydrogen (secondary N) is 1. The smallest absolute Gasteiger partial charge is 0.217 e. The third kappa shape index (κ3) is 13.3. The Kier molecular flexibility index (Phi) is 15.7. The first kappa shape index (κ1) is 25.1. The van der Waals surface area contributed by atoms with Crippen molar-refractivity contribution in [2.24, 2.45) is 0 Å². The van der Waals surface area contributed by atoms with E-state index >= 15 is 0 Å². The highest BCUT2D eigenvalue weighted by Crippen LogP contribution is 2.19. The number of aliphatic hydroxyl groups is 2. The first-order chi connectivity index (χ1) is 12.5. The molecule has 0 aromatic carbocycles. The summed E-state index contributed by atoms with van der Waals surface area (Å²) >= 11 is 0. The second kappa shape index (κ2) is 16.2. The third-order valence-electron chi connectivity index (χ3n) is 4.73. The van der Waals surface area contributed by atoms with Crippen LogP contribution in [0.4, 0.5) is 4.39 Å². The Labute approximate surface area is 159 Å². The molecule has 4 nitrogen and oxygen atoms in total. The van der Waals surface area contributed by atoms with Crippen molar-refractivity contribution in [3.05, 3.63) is 11.9 Å². The number of carbonyl (C=O) groups excluding carboxylic acids is 1. The summed E-state index contributed by atoms with van der Waals surface area (Å²) in [4.78, 5) is 11.2. The Morgan fingerprint density at radius 3 is 1.81 bits per heavy atom. The Bertz CT molecular complexity index is 381. The zero-order valence-electron chi connectivity index (χ0n) is 16.9. The summed E-state index contributed by atoms with van der Waals surface area (Å²) in [5.41, 5.74) is -1.32. The molecule has 154 valence electrons. The van der Waals surface area contributed by atoms with Gasteiger partial charge in [0.2, 0.25) is 5.91 Å². The predicted molar refractivity (Wildman–Crippen MR) is 106 cm³/mol. The number of allylic oxidation sites excluding steroid dienone is 1. The maximum atomic E-state index is 14.0. The van der Waals surface area contributed by atoms with E-state index in [4.69, 9.17) is 0 Å². The van der Waals surface area contributed by atoms with Gasteiger partial charge < -0.3 is 15.5 Å². The summed E-state index contributed by atoms with van der Waals surface area (Å²) in [7, 11) is 0. The maximum Gasteiger partial charge on any atom is 0.217 e. The molecule has 0 aromatic heterocycles. The molecule has 0 unspecified atom stereocenters. The van der Waals surface area contributed by atoms with Gasteiger partial charge in [-0.15, -0.1) is 0 Å². The topological polar surface area (TPSA) is 69.6 Å². The van der Waals surface area contributed by atoms with Crippen molar-refractivity contribution >= 4 is 5.91 Å².